The third-order valence-corrected chi connectivity index (χ3v) is 3.02. The second kappa shape index (κ2) is 7.51. The third kappa shape index (κ3) is 4.92. The number of aromatic amines is 1. The molecule has 1 fully saturated rings. The molecule has 0 aromatic carbocycles. The Hall–Kier alpha value is -2.62. The fourth-order valence-electron chi connectivity index (χ4n) is 1.86. The molecule has 1 aromatic rings. The van der Waals surface area contributed by atoms with Gasteiger partial charge in [-0.2, -0.15) is 13.2 Å². The Kier molecular flexibility index (Phi) is 5.62. The average Bonchev–Trinajstić information content (AvgIpc) is 3.02. The van der Waals surface area contributed by atoms with Gasteiger partial charge in [0.1, 0.15) is 5.56 Å². The number of hydrogen-bond donors (Lipinski definition) is 2. The van der Waals surface area contributed by atoms with Gasteiger partial charge in [-0.05, 0) is 0 Å². The maximum absolute atomic E-state index is 12.2. The van der Waals surface area contributed by atoms with Gasteiger partial charge in [0.15, 0.2) is 6.29 Å². The number of H-pyrrole nitrogens is 1. The van der Waals surface area contributed by atoms with E-state index in [0.29, 0.717) is 13.2 Å². The number of carbonyl (C=O) groups excluding carboxylic acids is 1. The zero-order chi connectivity index (χ0) is 18.6. The van der Waals surface area contributed by atoms with E-state index in [1.165, 1.54) is 0 Å². The Labute approximate surface area is 138 Å². The molecule has 0 unspecified atom stereocenters. The molecule has 1 aliphatic heterocycles. The number of amides is 1. The molecule has 0 atom stereocenters. The fourth-order valence-corrected chi connectivity index (χ4v) is 1.86. The molecule has 0 spiro atoms. The second-order valence-electron chi connectivity index (χ2n) is 4.86. The van der Waals surface area contributed by atoms with Gasteiger partial charge in [0.05, 0.1) is 26.3 Å². The molecule has 1 aromatic heterocycles. The highest BCUT2D eigenvalue weighted by molar-refractivity contribution is 5.81. The summed E-state index contributed by atoms with van der Waals surface area (Å²) >= 11 is 0. The first-order valence-electron chi connectivity index (χ1n) is 6.87. The van der Waals surface area contributed by atoms with Gasteiger partial charge in [0, 0.05) is 6.20 Å². The van der Waals surface area contributed by atoms with Crippen molar-refractivity contribution in [2.45, 2.75) is 19.0 Å². The molecule has 0 radical (unpaired) electrons. The molecule has 2 heterocycles. The minimum atomic E-state index is -5.12. The molecule has 9 nitrogen and oxygen atoms in total. The van der Waals surface area contributed by atoms with Crippen LogP contribution in [-0.2, 0) is 20.8 Å². The lowest BCUT2D eigenvalue weighted by Crippen LogP contribution is -2.45. The molecule has 0 aliphatic carbocycles. The first-order valence-corrected chi connectivity index (χ1v) is 6.87. The SMILES string of the molecule is NN(CC#Cc1cn(CC2OCCO2)c(=O)[nH]c1=O)C(=O)C(F)(F)F. The van der Waals surface area contributed by atoms with Crippen LogP contribution in [0.15, 0.2) is 15.8 Å². The van der Waals surface area contributed by atoms with Crippen molar-refractivity contribution in [3.8, 4) is 11.8 Å². The maximum atomic E-state index is 12.2. The number of alkyl halides is 3. The van der Waals surface area contributed by atoms with Gasteiger partial charge in [-0.3, -0.25) is 24.1 Å². The van der Waals surface area contributed by atoms with Crippen molar-refractivity contribution in [1.29, 1.82) is 0 Å². The summed E-state index contributed by atoms with van der Waals surface area (Å²) in [6.45, 7) is -0.0182. The molecule has 25 heavy (non-hydrogen) atoms. The van der Waals surface area contributed by atoms with E-state index in [9.17, 15) is 27.6 Å². The Balaban J connectivity index is 2.13. The van der Waals surface area contributed by atoms with Crippen LogP contribution in [0, 0.1) is 11.8 Å². The smallest absolute Gasteiger partial charge is 0.348 e. The summed E-state index contributed by atoms with van der Waals surface area (Å²) in [5.41, 5.74) is -1.74. The van der Waals surface area contributed by atoms with E-state index in [2.05, 4.69) is 11.8 Å². The van der Waals surface area contributed by atoms with Crippen LogP contribution < -0.4 is 17.1 Å². The third-order valence-electron chi connectivity index (χ3n) is 3.02. The number of aromatic nitrogens is 2. The Morgan fingerprint density at radius 2 is 2.04 bits per heavy atom. The summed E-state index contributed by atoms with van der Waals surface area (Å²) < 4.78 is 47.9. The van der Waals surface area contributed by atoms with Crippen molar-refractivity contribution in [3.05, 3.63) is 32.6 Å². The summed E-state index contributed by atoms with van der Waals surface area (Å²) in [5, 5.41) is -0.128. The number of hydrazine groups is 1. The van der Waals surface area contributed by atoms with Crippen LogP contribution in [0.25, 0.3) is 0 Å². The molecule has 2 rings (SSSR count). The van der Waals surface area contributed by atoms with Crippen LogP contribution in [0.5, 0.6) is 0 Å². The lowest BCUT2D eigenvalue weighted by atomic mass is 10.3. The predicted octanol–water partition coefficient (Wildman–Crippen LogP) is -1.47. The first kappa shape index (κ1) is 18.7. The lowest BCUT2D eigenvalue weighted by Gasteiger charge is -2.14. The van der Waals surface area contributed by atoms with E-state index in [1.807, 2.05) is 4.98 Å². The minimum absolute atomic E-state index is 0.000132. The maximum Gasteiger partial charge on any atom is 0.472 e. The van der Waals surface area contributed by atoms with E-state index < -0.39 is 36.2 Å². The average molecular weight is 362 g/mol. The van der Waals surface area contributed by atoms with E-state index in [1.54, 1.807) is 0 Å². The van der Waals surface area contributed by atoms with Gasteiger partial charge in [0.25, 0.3) is 5.56 Å². The molecule has 1 aliphatic rings. The largest absolute Gasteiger partial charge is 0.472 e. The quantitative estimate of drug-likeness (QED) is 0.293. The van der Waals surface area contributed by atoms with Gasteiger partial charge < -0.3 is 9.47 Å². The van der Waals surface area contributed by atoms with Gasteiger partial charge in [-0.25, -0.2) is 10.6 Å². The molecular weight excluding hydrogens is 349 g/mol. The number of nitrogens with one attached hydrogen (secondary N) is 1. The molecule has 0 saturated carbocycles. The molecular formula is C13H13F3N4O5. The normalized spacial score (nSPS) is 14.9. The lowest BCUT2D eigenvalue weighted by molar-refractivity contribution is -0.185. The fraction of sp³-hybridized carbons (Fsp3) is 0.462. The van der Waals surface area contributed by atoms with Crippen LogP contribution in [0.1, 0.15) is 5.56 Å². The summed E-state index contributed by atoms with van der Waals surface area (Å²) in [6, 6.07) is 0. The number of hydrogen-bond acceptors (Lipinski definition) is 6. The van der Waals surface area contributed by atoms with Gasteiger partial charge in [-0.1, -0.05) is 11.8 Å². The Bertz CT molecular complexity index is 814. The van der Waals surface area contributed by atoms with Crippen LogP contribution in [0.2, 0.25) is 0 Å². The number of nitrogens with zero attached hydrogens (tertiary/aromatic N) is 2. The van der Waals surface area contributed by atoms with Crippen molar-refractivity contribution < 1.29 is 27.4 Å². The van der Waals surface area contributed by atoms with Crippen LogP contribution in [0.3, 0.4) is 0 Å². The standard InChI is InChI=1S/C13H13F3N4O5/c14-13(15,16)11(22)20(17)3-1-2-8-6-19(12(23)18-10(8)21)7-9-24-4-5-25-9/h6,9H,3-5,7,17H2,(H,18,21,23). The van der Waals surface area contributed by atoms with Gasteiger partial charge in [-0.15, -0.1) is 0 Å². The van der Waals surface area contributed by atoms with Crippen molar-refractivity contribution in [1.82, 2.24) is 14.6 Å². The van der Waals surface area contributed by atoms with E-state index in [0.717, 1.165) is 10.8 Å². The molecule has 1 saturated heterocycles. The number of ether oxygens (including phenoxy) is 2. The van der Waals surface area contributed by atoms with Crippen molar-refractivity contribution in [2.75, 3.05) is 19.8 Å². The molecule has 136 valence electrons. The summed E-state index contributed by atoms with van der Waals surface area (Å²) in [6.07, 6.45) is -4.66. The van der Waals surface area contributed by atoms with Gasteiger partial charge in [0.2, 0.25) is 0 Å². The zero-order valence-electron chi connectivity index (χ0n) is 12.6. The number of rotatable bonds is 3. The highest BCUT2D eigenvalue weighted by Gasteiger charge is 2.41. The zero-order valence-corrected chi connectivity index (χ0v) is 12.6. The Morgan fingerprint density at radius 1 is 1.40 bits per heavy atom. The van der Waals surface area contributed by atoms with Crippen LogP contribution in [-0.4, -0.2) is 52.7 Å². The van der Waals surface area contributed by atoms with Crippen molar-refractivity contribution in [2.24, 2.45) is 5.84 Å². The minimum Gasteiger partial charge on any atom is -0.348 e. The van der Waals surface area contributed by atoms with E-state index in [4.69, 9.17) is 15.3 Å². The molecule has 0 bridgehead atoms. The van der Waals surface area contributed by atoms with Crippen LogP contribution >= 0.6 is 0 Å². The number of carbonyl (C=O) groups is 1. The van der Waals surface area contributed by atoms with Crippen molar-refractivity contribution >= 4 is 5.91 Å². The van der Waals surface area contributed by atoms with Crippen molar-refractivity contribution in [3.63, 3.8) is 0 Å². The van der Waals surface area contributed by atoms with E-state index >= 15 is 0 Å². The number of nitrogens with two attached hydrogens (primary N) is 1. The van der Waals surface area contributed by atoms with Gasteiger partial charge >= 0.3 is 17.8 Å². The highest BCUT2D eigenvalue weighted by Crippen LogP contribution is 2.16. The Morgan fingerprint density at radius 3 is 2.64 bits per heavy atom. The highest BCUT2D eigenvalue weighted by atomic mass is 19.4. The topological polar surface area (TPSA) is 120 Å². The molecule has 1 amide bonds. The second-order valence-corrected chi connectivity index (χ2v) is 4.86. The summed E-state index contributed by atoms with van der Waals surface area (Å²) in [4.78, 5) is 36.2. The van der Waals surface area contributed by atoms with Crippen LogP contribution in [0.4, 0.5) is 13.2 Å². The predicted molar refractivity (Wildman–Crippen MR) is 75.8 cm³/mol. The molecule has 12 heteroatoms. The monoisotopic (exact) mass is 362 g/mol. The first-order chi connectivity index (χ1) is 11.7. The number of halogens is 3. The van der Waals surface area contributed by atoms with E-state index in [-0.39, 0.29) is 17.1 Å². The molecule has 3 N–H and O–H groups in total. The summed E-state index contributed by atoms with van der Waals surface area (Å²) in [5.74, 6) is 7.12. The summed E-state index contributed by atoms with van der Waals surface area (Å²) in [7, 11) is 0.